The molecule has 0 aromatic rings. The first-order valence-electron chi connectivity index (χ1n) is 8.42. The lowest BCUT2D eigenvalue weighted by atomic mass is 9.67. The number of likely N-dealkylation sites (tertiary alicyclic amines) is 1. The molecule has 2 fully saturated rings. The van der Waals surface area contributed by atoms with Gasteiger partial charge in [-0.2, -0.15) is 0 Å². The van der Waals surface area contributed by atoms with Crippen molar-refractivity contribution in [2.45, 2.75) is 45.6 Å². The van der Waals surface area contributed by atoms with Gasteiger partial charge in [0.2, 0.25) is 5.91 Å². The zero-order valence-corrected chi connectivity index (χ0v) is 14.4. The Morgan fingerprint density at radius 1 is 1.13 bits per heavy atom. The highest BCUT2D eigenvalue weighted by Gasteiger charge is 2.54. The van der Waals surface area contributed by atoms with Crippen molar-refractivity contribution in [1.82, 2.24) is 4.90 Å². The van der Waals surface area contributed by atoms with Gasteiger partial charge in [0.15, 0.2) is 0 Å². The van der Waals surface area contributed by atoms with Gasteiger partial charge < -0.3 is 14.4 Å². The maximum Gasteiger partial charge on any atom is 0.309 e. The van der Waals surface area contributed by atoms with E-state index < -0.39 is 17.8 Å². The van der Waals surface area contributed by atoms with Crippen LogP contribution in [0.25, 0.3) is 0 Å². The first-order valence-corrected chi connectivity index (χ1v) is 8.42. The molecule has 2 rings (SSSR count). The summed E-state index contributed by atoms with van der Waals surface area (Å²) in [7, 11) is 2.65. The highest BCUT2D eigenvalue weighted by atomic mass is 16.5. The van der Waals surface area contributed by atoms with Gasteiger partial charge >= 0.3 is 11.9 Å². The lowest BCUT2D eigenvalue weighted by Crippen LogP contribution is -2.42. The van der Waals surface area contributed by atoms with E-state index in [2.05, 4.69) is 6.92 Å². The van der Waals surface area contributed by atoms with E-state index in [0.29, 0.717) is 12.8 Å². The van der Waals surface area contributed by atoms with Crippen LogP contribution in [-0.2, 0) is 23.9 Å². The van der Waals surface area contributed by atoms with E-state index >= 15 is 0 Å². The van der Waals surface area contributed by atoms with Gasteiger partial charge in [0.05, 0.1) is 26.1 Å². The average Bonchev–Trinajstić information content (AvgIpc) is 2.81. The highest BCUT2D eigenvalue weighted by Crippen LogP contribution is 2.46. The van der Waals surface area contributed by atoms with Crippen molar-refractivity contribution in [1.29, 1.82) is 0 Å². The molecule has 0 spiro atoms. The Bertz CT molecular complexity index is 478. The summed E-state index contributed by atoms with van der Waals surface area (Å²) in [6.07, 6.45) is 2.88. The lowest BCUT2D eigenvalue weighted by molar-refractivity contribution is -0.162. The first kappa shape index (κ1) is 17.8. The Morgan fingerprint density at radius 3 is 2.22 bits per heavy atom. The number of nitrogens with zero attached hydrogens (tertiary/aromatic N) is 1. The van der Waals surface area contributed by atoms with E-state index in [0.717, 1.165) is 19.4 Å². The maximum atomic E-state index is 12.7. The second-order valence-electron chi connectivity index (χ2n) is 6.63. The van der Waals surface area contributed by atoms with Crippen LogP contribution in [0.5, 0.6) is 0 Å². The second-order valence-corrected chi connectivity index (χ2v) is 6.63. The van der Waals surface area contributed by atoms with Crippen LogP contribution in [0.15, 0.2) is 0 Å². The molecule has 0 aromatic carbocycles. The molecule has 0 bridgehead atoms. The average molecular weight is 325 g/mol. The third-order valence-corrected chi connectivity index (χ3v) is 5.51. The van der Waals surface area contributed by atoms with E-state index in [9.17, 15) is 14.4 Å². The molecule has 0 N–H and O–H groups in total. The summed E-state index contributed by atoms with van der Waals surface area (Å²) in [6, 6.07) is 0.102. The van der Waals surface area contributed by atoms with Crippen molar-refractivity contribution in [3.05, 3.63) is 0 Å². The van der Waals surface area contributed by atoms with Gasteiger partial charge in [-0.1, -0.05) is 13.3 Å². The monoisotopic (exact) mass is 325 g/mol. The van der Waals surface area contributed by atoms with Crippen LogP contribution in [0.2, 0.25) is 0 Å². The van der Waals surface area contributed by atoms with Crippen molar-refractivity contribution >= 4 is 17.8 Å². The smallest absolute Gasteiger partial charge is 0.309 e. The minimum Gasteiger partial charge on any atom is -0.469 e. The topological polar surface area (TPSA) is 72.9 Å². The van der Waals surface area contributed by atoms with Crippen LogP contribution in [-0.4, -0.2) is 49.6 Å². The predicted octanol–water partition coefficient (Wildman–Crippen LogP) is 1.62. The SMILES string of the molecule is CCCCN1C(=O)C2CC(C(=O)OC)C(C(=O)OC)CC2C1C. The van der Waals surface area contributed by atoms with Crippen molar-refractivity contribution in [3.8, 4) is 0 Å². The fourth-order valence-electron chi connectivity index (χ4n) is 4.16. The van der Waals surface area contributed by atoms with Crippen LogP contribution in [0, 0.1) is 23.7 Å². The summed E-state index contributed by atoms with van der Waals surface area (Å²) in [4.78, 5) is 38.8. The Kier molecular flexibility index (Phi) is 5.65. The number of fused-ring (bicyclic) bond motifs is 1. The molecule has 1 amide bonds. The molecule has 6 nitrogen and oxygen atoms in total. The van der Waals surface area contributed by atoms with E-state index in [1.807, 2.05) is 11.8 Å². The minimum atomic E-state index is -0.587. The van der Waals surface area contributed by atoms with Gasteiger partial charge in [-0.15, -0.1) is 0 Å². The molecule has 0 radical (unpaired) electrons. The molecular formula is C17H27NO5. The summed E-state index contributed by atoms with van der Waals surface area (Å²) >= 11 is 0. The maximum absolute atomic E-state index is 12.7. The Morgan fingerprint density at radius 2 is 1.70 bits per heavy atom. The number of amides is 1. The molecule has 23 heavy (non-hydrogen) atoms. The molecule has 6 heteroatoms. The Hall–Kier alpha value is -1.59. The van der Waals surface area contributed by atoms with Gasteiger partial charge in [0, 0.05) is 18.5 Å². The molecule has 5 atom stereocenters. The second kappa shape index (κ2) is 7.32. The van der Waals surface area contributed by atoms with E-state index in [1.165, 1.54) is 14.2 Å². The number of rotatable bonds is 5. The molecular weight excluding hydrogens is 298 g/mol. The summed E-state index contributed by atoms with van der Waals surface area (Å²) < 4.78 is 9.72. The molecule has 1 saturated carbocycles. The summed E-state index contributed by atoms with van der Waals surface area (Å²) in [6.45, 7) is 4.89. The standard InChI is InChI=1S/C17H27NO5/c1-5-6-7-18-10(2)11-8-13(16(20)22-3)14(17(21)23-4)9-12(11)15(18)19/h10-14H,5-9H2,1-4H3. The number of hydrogen-bond acceptors (Lipinski definition) is 5. The Labute approximate surface area is 137 Å². The van der Waals surface area contributed by atoms with Crippen LogP contribution in [0.4, 0.5) is 0 Å². The van der Waals surface area contributed by atoms with Gasteiger partial charge in [-0.25, -0.2) is 0 Å². The van der Waals surface area contributed by atoms with Crippen molar-refractivity contribution in [3.63, 3.8) is 0 Å². The van der Waals surface area contributed by atoms with Crippen molar-refractivity contribution in [2.24, 2.45) is 23.7 Å². The molecule has 1 aliphatic heterocycles. The van der Waals surface area contributed by atoms with Crippen LogP contribution in [0.1, 0.15) is 39.5 Å². The number of esters is 2. The van der Waals surface area contributed by atoms with Crippen LogP contribution >= 0.6 is 0 Å². The van der Waals surface area contributed by atoms with Crippen molar-refractivity contribution < 1.29 is 23.9 Å². The number of ether oxygens (including phenoxy) is 2. The Balaban J connectivity index is 2.22. The van der Waals surface area contributed by atoms with Gasteiger partial charge in [0.25, 0.3) is 0 Å². The molecule has 1 saturated heterocycles. The quantitative estimate of drug-likeness (QED) is 0.718. The number of carbonyl (C=O) groups excluding carboxylic acids is 3. The molecule has 1 heterocycles. The van der Waals surface area contributed by atoms with Crippen LogP contribution < -0.4 is 0 Å². The number of hydrogen-bond donors (Lipinski definition) is 0. The third-order valence-electron chi connectivity index (χ3n) is 5.51. The van der Waals surface area contributed by atoms with Crippen LogP contribution in [0.3, 0.4) is 0 Å². The highest BCUT2D eigenvalue weighted by molar-refractivity contribution is 5.86. The van der Waals surface area contributed by atoms with Gasteiger partial charge in [-0.05, 0) is 32.1 Å². The number of unbranched alkanes of at least 4 members (excludes halogenated alkanes) is 1. The minimum absolute atomic E-state index is 0.101. The predicted molar refractivity (Wildman–Crippen MR) is 83.3 cm³/mol. The molecule has 130 valence electrons. The fourth-order valence-corrected chi connectivity index (χ4v) is 4.16. The lowest BCUT2D eigenvalue weighted by Gasteiger charge is -2.35. The van der Waals surface area contributed by atoms with E-state index in [4.69, 9.17) is 9.47 Å². The number of carbonyl (C=O) groups is 3. The molecule has 2 aliphatic rings. The molecule has 0 aromatic heterocycles. The molecule has 1 aliphatic carbocycles. The zero-order chi connectivity index (χ0) is 17.1. The third kappa shape index (κ3) is 3.21. The molecule has 5 unspecified atom stereocenters. The van der Waals surface area contributed by atoms with Gasteiger partial charge in [0.1, 0.15) is 0 Å². The summed E-state index contributed by atoms with van der Waals surface area (Å²) in [5, 5.41) is 0. The van der Waals surface area contributed by atoms with E-state index in [-0.39, 0.29) is 29.8 Å². The number of methoxy groups -OCH3 is 2. The van der Waals surface area contributed by atoms with Crippen molar-refractivity contribution in [2.75, 3.05) is 20.8 Å². The summed E-state index contributed by atoms with van der Waals surface area (Å²) in [5.41, 5.74) is 0. The first-order chi connectivity index (χ1) is 11.0. The zero-order valence-electron chi connectivity index (χ0n) is 14.4. The summed E-state index contributed by atoms with van der Waals surface area (Å²) in [5.74, 6) is -1.88. The largest absolute Gasteiger partial charge is 0.469 e. The normalized spacial score (nSPS) is 33.3. The van der Waals surface area contributed by atoms with E-state index in [1.54, 1.807) is 0 Å². The fraction of sp³-hybridized carbons (Fsp3) is 0.824. The van der Waals surface area contributed by atoms with Gasteiger partial charge in [-0.3, -0.25) is 14.4 Å².